The average Bonchev–Trinajstić information content (AvgIpc) is 2.64. The molecule has 2 aliphatic rings. The van der Waals surface area contributed by atoms with Gasteiger partial charge in [-0.1, -0.05) is 89.9 Å². The Morgan fingerprint density at radius 1 is 0.792 bits per heavy atom. The Bertz CT molecular complexity index is 369. The van der Waals surface area contributed by atoms with E-state index in [9.17, 15) is 0 Å². The lowest BCUT2D eigenvalue weighted by atomic mass is 9.71. The summed E-state index contributed by atoms with van der Waals surface area (Å²) in [6.45, 7) is 4.63. The van der Waals surface area contributed by atoms with Gasteiger partial charge in [-0.15, -0.1) is 0 Å². The van der Waals surface area contributed by atoms with E-state index in [2.05, 4.69) is 25.7 Å². The summed E-state index contributed by atoms with van der Waals surface area (Å²) in [7, 11) is 0. The van der Waals surface area contributed by atoms with Crippen LogP contribution in [-0.2, 0) is 0 Å². The van der Waals surface area contributed by atoms with Gasteiger partial charge in [-0.05, 0) is 50.9 Å². The van der Waals surface area contributed by atoms with Crippen molar-refractivity contribution in [1.82, 2.24) is 0 Å². The zero-order valence-corrected chi connectivity index (χ0v) is 16.7. The predicted molar refractivity (Wildman–Crippen MR) is 107 cm³/mol. The van der Waals surface area contributed by atoms with Crippen LogP contribution >= 0.6 is 0 Å². The van der Waals surface area contributed by atoms with Crippen LogP contribution in [0.5, 0.6) is 0 Å². The van der Waals surface area contributed by atoms with Crippen molar-refractivity contribution in [1.29, 1.82) is 0 Å². The minimum Gasteiger partial charge on any atom is -0.0993 e. The molecule has 2 fully saturated rings. The van der Waals surface area contributed by atoms with Crippen molar-refractivity contribution in [2.24, 2.45) is 17.3 Å². The highest BCUT2D eigenvalue weighted by Crippen LogP contribution is 2.40. The molecule has 2 aliphatic carbocycles. The Morgan fingerprint density at radius 3 is 2.17 bits per heavy atom. The minimum absolute atomic E-state index is 0.408. The maximum atomic E-state index is 3.86. The van der Waals surface area contributed by atoms with Crippen LogP contribution in [-0.4, -0.2) is 0 Å². The minimum atomic E-state index is 0.408. The van der Waals surface area contributed by atoms with Crippen molar-refractivity contribution in [3.63, 3.8) is 0 Å². The van der Waals surface area contributed by atoms with E-state index in [1.165, 1.54) is 109 Å². The van der Waals surface area contributed by atoms with Crippen LogP contribution in [0.15, 0.2) is 0 Å². The standard InChI is InChI=1S/C24H42/c1-3-5-7-9-12-22-13-15-23(16-14-22)17-21-24(18-6-4-2)19-10-8-11-20-24/h22-23H,3-16,18-20H2,1-2H3/t22-,23-. The maximum Gasteiger partial charge on any atom is 0.0314 e. The second-order valence-corrected chi connectivity index (χ2v) is 8.78. The molecular formula is C24H42. The first-order valence-electron chi connectivity index (χ1n) is 11.3. The van der Waals surface area contributed by atoms with Crippen molar-refractivity contribution in [2.45, 2.75) is 123 Å². The Hall–Kier alpha value is -0.440. The van der Waals surface area contributed by atoms with Gasteiger partial charge >= 0.3 is 0 Å². The van der Waals surface area contributed by atoms with Crippen molar-refractivity contribution < 1.29 is 0 Å². The van der Waals surface area contributed by atoms with Gasteiger partial charge in [0.25, 0.3) is 0 Å². The van der Waals surface area contributed by atoms with Crippen molar-refractivity contribution in [3.05, 3.63) is 0 Å². The fourth-order valence-corrected chi connectivity index (χ4v) is 4.89. The van der Waals surface area contributed by atoms with E-state index < -0.39 is 0 Å². The highest BCUT2D eigenvalue weighted by molar-refractivity contribution is 5.15. The monoisotopic (exact) mass is 330 g/mol. The Morgan fingerprint density at radius 2 is 1.50 bits per heavy atom. The van der Waals surface area contributed by atoms with Gasteiger partial charge in [-0.2, -0.15) is 0 Å². The molecule has 0 unspecified atom stereocenters. The fraction of sp³-hybridized carbons (Fsp3) is 0.917. The topological polar surface area (TPSA) is 0 Å². The Kier molecular flexibility index (Phi) is 9.30. The SMILES string of the molecule is CCCCCC[C@H]1CC[C@H](C#CC2(CCCC)CCCCC2)CC1. The Labute approximate surface area is 152 Å². The number of rotatable bonds is 8. The largest absolute Gasteiger partial charge is 0.0993 e. The molecule has 0 bridgehead atoms. The molecule has 0 nitrogen and oxygen atoms in total. The van der Waals surface area contributed by atoms with Gasteiger partial charge in [0, 0.05) is 11.3 Å². The first-order chi connectivity index (χ1) is 11.8. The van der Waals surface area contributed by atoms with Crippen LogP contribution in [0.25, 0.3) is 0 Å². The summed E-state index contributed by atoms with van der Waals surface area (Å²) < 4.78 is 0. The number of hydrogen-bond donors (Lipinski definition) is 0. The van der Waals surface area contributed by atoms with Crippen molar-refractivity contribution >= 4 is 0 Å². The first kappa shape index (κ1) is 19.9. The van der Waals surface area contributed by atoms with Crippen LogP contribution in [0.4, 0.5) is 0 Å². The molecule has 2 saturated carbocycles. The molecular weight excluding hydrogens is 288 g/mol. The highest BCUT2D eigenvalue weighted by atomic mass is 14.3. The molecule has 0 aliphatic heterocycles. The molecule has 138 valence electrons. The zero-order chi connectivity index (χ0) is 17.1. The van der Waals surface area contributed by atoms with E-state index in [4.69, 9.17) is 0 Å². The van der Waals surface area contributed by atoms with Gasteiger partial charge in [0.05, 0.1) is 0 Å². The maximum absolute atomic E-state index is 3.86. The predicted octanol–water partition coefficient (Wildman–Crippen LogP) is 7.91. The Balaban J connectivity index is 1.76. The first-order valence-corrected chi connectivity index (χ1v) is 11.3. The molecule has 0 aromatic carbocycles. The lowest BCUT2D eigenvalue weighted by Crippen LogP contribution is -2.23. The lowest BCUT2D eigenvalue weighted by molar-refractivity contribution is 0.245. The second-order valence-electron chi connectivity index (χ2n) is 8.78. The molecule has 0 saturated heterocycles. The quantitative estimate of drug-likeness (QED) is 0.313. The van der Waals surface area contributed by atoms with Gasteiger partial charge in [-0.3, -0.25) is 0 Å². The molecule has 0 aromatic rings. The van der Waals surface area contributed by atoms with Gasteiger partial charge in [-0.25, -0.2) is 0 Å². The van der Waals surface area contributed by atoms with Crippen LogP contribution in [0, 0.1) is 29.1 Å². The molecule has 24 heavy (non-hydrogen) atoms. The average molecular weight is 331 g/mol. The third-order valence-electron chi connectivity index (χ3n) is 6.67. The summed E-state index contributed by atoms with van der Waals surface area (Å²) in [6, 6.07) is 0. The van der Waals surface area contributed by atoms with Gasteiger partial charge in [0.15, 0.2) is 0 Å². The van der Waals surface area contributed by atoms with Crippen LogP contribution < -0.4 is 0 Å². The van der Waals surface area contributed by atoms with Crippen LogP contribution in [0.2, 0.25) is 0 Å². The van der Waals surface area contributed by atoms with Gasteiger partial charge in [0.2, 0.25) is 0 Å². The van der Waals surface area contributed by atoms with Gasteiger partial charge in [0.1, 0.15) is 0 Å². The molecule has 0 heterocycles. The van der Waals surface area contributed by atoms with Crippen LogP contribution in [0.1, 0.15) is 123 Å². The van der Waals surface area contributed by atoms with E-state index in [0.717, 1.165) is 11.8 Å². The van der Waals surface area contributed by atoms with E-state index in [-0.39, 0.29) is 0 Å². The van der Waals surface area contributed by atoms with Crippen molar-refractivity contribution in [3.8, 4) is 11.8 Å². The third-order valence-corrected chi connectivity index (χ3v) is 6.67. The molecule has 0 atom stereocenters. The number of hydrogen-bond acceptors (Lipinski definition) is 0. The highest BCUT2D eigenvalue weighted by Gasteiger charge is 2.29. The summed E-state index contributed by atoms with van der Waals surface area (Å²) in [4.78, 5) is 0. The molecule has 0 amide bonds. The third kappa shape index (κ3) is 6.82. The van der Waals surface area contributed by atoms with Crippen LogP contribution in [0.3, 0.4) is 0 Å². The molecule has 0 N–H and O–H groups in total. The smallest absolute Gasteiger partial charge is 0.0314 e. The molecule has 0 spiro atoms. The second kappa shape index (κ2) is 11.2. The summed E-state index contributed by atoms with van der Waals surface area (Å²) in [5.41, 5.74) is 0.408. The lowest BCUT2D eigenvalue weighted by Gasteiger charge is -2.33. The fourth-order valence-electron chi connectivity index (χ4n) is 4.89. The van der Waals surface area contributed by atoms with E-state index >= 15 is 0 Å². The van der Waals surface area contributed by atoms with E-state index in [1.54, 1.807) is 0 Å². The van der Waals surface area contributed by atoms with E-state index in [0.29, 0.717) is 5.41 Å². The molecule has 0 radical (unpaired) electrons. The zero-order valence-electron chi connectivity index (χ0n) is 16.7. The summed E-state index contributed by atoms with van der Waals surface area (Å²) in [6.07, 6.45) is 24.0. The summed E-state index contributed by atoms with van der Waals surface area (Å²) in [5, 5.41) is 0. The van der Waals surface area contributed by atoms with Gasteiger partial charge < -0.3 is 0 Å². The van der Waals surface area contributed by atoms with E-state index in [1.807, 2.05) is 0 Å². The molecule has 0 aromatic heterocycles. The summed E-state index contributed by atoms with van der Waals surface area (Å²) >= 11 is 0. The summed E-state index contributed by atoms with van der Waals surface area (Å²) in [5.74, 6) is 9.39. The molecule has 2 rings (SSSR count). The molecule has 0 heteroatoms. The number of unbranched alkanes of at least 4 members (excludes halogenated alkanes) is 4. The normalized spacial score (nSPS) is 26.6. The van der Waals surface area contributed by atoms with Crippen molar-refractivity contribution in [2.75, 3.05) is 0 Å².